The van der Waals surface area contributed by atoms with Crippen molar-refractivity contribution in [2.45, 2.75) is 78.3 Å². The summed E-state index contributed by atoms with van der Waals surface area (Å²) in [4.78, 5) is 0. The summed E-state index contributed by atoms with van der Waals surface area (Å²) >= 11 is 0. The second-order valence-corrected chi connectivity index (χ2v) is 7.99. The number of hydrogen-bond donors (Lipinski definition) is 1. The second kappa shape index (κ2) is 3.73. The number of rotatable bonds is 3. The Labute approximate surface area is 107 Å². The van der Waals surface area contributed by atoms with Crippen molar-refractivity contribution in [1.82, 2.24) is 5.32 Å². The highest BCUT2D eigenvalue weighted by atomic mass is 15.0. The first-order chi connectivity index (χ1) is 7.93. The van der Waals surface area contributed by atoms with Crippen LogP contribution in [0.25, 0.3) is 0 Å². The van der Waals surface area contributed by atoms with E-state index < -0.39 is 0 Å². The Hall–Kier alpha value is -0.0400. The highest BCUT2D eigenvalue weighted by Gasteiger charge is 2.59. The molecule has 0 saturated heterocycles. The monoisotopic (exact) mass is 235 g/mol. The van der Waals surface area contributed by atoms with E-state index in [0.717, 1.165) is 23.9 Å². The predicted octanol–water partition coefficient (Wildman–Crippen LogP) is 3.98. The molecule has 4 atom stereocenters. The minimum atomic E-state index is 0.519. The average molecular weight is 235 g/mol. The maximum absolute atomic E-state index is 4.04. The molecule has 1 heteroatoms. The Morgan fingerprint density at radius 3 is 2.29 bits per heavy atom. The zero-order valence-electron chi connectivity index (χ0n) is 12.1. The average Bonchev–Trinajstić information content (AvgIpc) is 2.61. The van der Waals surface area contributed by atoms with Gasteiger partial charge in [-0.3, -0.25) is 0 Å². The SMILES string of the molecule is CC(NC1C2(C)CCC(C2)C1(C)C)C1CCC1. The lowest BCUT2D eigenvalue weighted by molar-refractivity contribution is 0.0823. The molecule has 98 valence electrons. The van der Waals surface area contributed by atoms with Crippen LogP contribution in [0.15, 0.2) is 0 Å². The van der Waals surface area contributed by atoms with Crippen molar-refractivity contribution >= 4 is 0 Å². The summed E-state index contributed by atoms with van der Waals surface area (Å²) in [6.45, 7) is 9.97. The molecule has 0 aliphatic heterocycles. The molecular weight excluding hydrogens is 206 g/mol. The maximum Gasteiger partial charge on any atom is 0.0177 e. The molecule has 2 bridgehead atoms. The lowest BCUT2D eigenvalue weighted by atomic mass is 9.67. The topological polar surface area (TPSA) is 12.0 Å². The van der Waals surface area contributed by atoms with Crippen LogP contribution in [0.2, 0.25) is 0 Å². The van der Waals surface area contributed by atoms with Crippen LogP contribution in [0.1, 0.15) is 66.2 Å². The Morgan fingerprint density at radius 2 is 1.82 bits per heavy atom. The maximum atomic E-state index is 4.04. The van der Waals surface area contributed by atoms with E-state index in [9.17, 15) is 0 Å². The molecule has 3 aliphatic rings. The third-order valence-electron chi connectivity index (χ3n) is 6.56. The minimum Gasteiger partial charge on any atom is -0.310 e. The summed E-state index contributed by atoms with van der Waals surface area (Å²) in [6.07, 6.45) is 8.78. The molecule has 3 saturated carbocycles. The zero-order valence-corrected chi connectivity index (χ0v) is 12.1. The van der Waals surface area contributed by atoms with Gasteiger partial charge >= 0.3 is 0 Å². The third kappa shape index (κ3) is 1.69. The zero-order chi connectivity index (χ0) is 12.3. The van der Waals surface area contributed by atoms with Gasteiger partial charge in [0.15, 0.2) is 0 Å². The van der Waals surface area contributed by atoms with Crippen LogP contribution in [0.5, 0.6) is 0 Å². The quantitative estimate of drug-likeness (QED) is 0.780. The van der Waals surface area contributed by atoms with Gasteiger partial charge in [0.05, 0.1) is 0 Å². The van der Waals surface area contributed by atoms with Gasteiger partial charge in [-0.1, -0.05) is 27.2 Å². The summed E-state index contributed by atoms with van der Waals surface area (Å²) in [5.74, 6) is 1.94. The van der Waals surface area contributed by atoms with E-state index in [-0.39, 0.29) is 0 Å². The highest BCUT2D eigenvalue weighted by Crippen LogP contribution is 2.62. The number of hydrogen-bond acceptors (Lipinski definition) is 1. The normalized spacial score (nSPS) is 45.9. The van der Waals surface area contributed by atoms with Crippen LogP contribution >= 0.6 is 0 Å². The van der Waals surface area contributed by atoms with E-state index in [4.69, 9.17) is 0 Å². The van der Waals surface area contributed by atoms with E-state index >= 15 is 0 Å². The standard InChI is InChI=1S/C16H29N/c1-11(12-6-5-7-12)17-14-15(2,3)13-8-9-16(14,4)10-13/h11-14,17H,5-10H2,1-4H3. The highest BCUT2D eigenvalue weighted by molar-refractivity contribution is 5.12. The van der Waals surface area contributed by atoms with Gasteiger partial charge in [0, 0.05) is 12.1 Å². The molecule has 1 nitrogen and oxygen atoms in total. The van der Waals surface area contributed by atoms with Gasteiger partial charge in [0.2, 0.25) is 0 Å². The first-order valence-electron chi connectivity index (χ1n) is 7.69. The number of nitrogens with one attached hydrogen (secondary N) is 1. The van der Waals surface area contributed by atoms with E-state index in [1.807, 2.05) is 0 Å². The molecule has 4 unspecified atom stereocenters. The predicted molar refractivity (Wildman–Crippen MR) is 73.0 cm³/mol. The molecule has 0 amide bonds. The molecule has 0 spiro atoms. The van der Waals surface area contributed by atoms with Crippen molar-refractivity contribution in [2.24, 2.45) is 22.7 Å². The fraction of sp³-hybridized carbons (Fsp3) is 1.00. The van der Waals surface area contributed by atoms with Crippen molar-refractivity contribution in [3.8, 4) is 0 Å². The Bertz CT molecular complexity index is 300. The summed E-state index contributed by atoms with van der Waals surface area (Å²) in [5, 5.41) is 4.04. The molecule has 3 fully saturated rings. The van der Waals surface area contributed by atoms with Crippen molar-refractivity contribution in [1.29, 1.82) is 0 Å². The lowest BCUT2D eigenvalue weighted by Crippen LogP contribution is -2.55. The molecule has 17 heavy (non-hydrogen) atoms. The van der Waals surface area contributed by atoms with Crippen molar-refractivity contribution in [3.63, 3.8) is 0 Å². The second-order valence-electron chi connectivity index (χ2n) is 7.99. The van der Waals surface area contributed by atoms with E-state index in [1.54, 1.807) is 0 Å². The fourth-order valence-electron chi connectivity index (χ4n) is 5.06. The van der Waals surface area contributed by atoms with E-state index in [1.165, 1.54) is 38.5 Å². The Kier molecular flexibility index (Phi) is 2.63. The molecule has 0 aromatic carbocycles. The third-order valence-corrected chi connectivity index (χ3v) is 6.56. The summed E-state index contributed by atoms with van der Waals surface area (Å²) < 4.78 is 0. The van der Waals surface area contributed by atoms with Crippen molar-refractivity contribution in [3.05, 3.63) is 0 Å². The van der Waals surface area contributed by atoms with Gasteiger partial charge in [-0.05, 0) is 61.7 Å². The van der Waals surface area contributed by atoms with Crippen LogP contribution in [-0.2, 0) is 0 Å². The van der Waals surface area contributed by atoms with Gasteiger partial charge in [0.1, 0.15) is 0 Å². The minimum absolute atomic E-state index is 0.519. The van der Waals surface area contributed by atoms with Gasteiger partial charge < -0.3 is 5.32 Å². The summed E-state index contributed by atoms with van der Waals surface area (Å²) in [6, 6.07) is 1.49. The van der Waals surface area contributed by atoms with Crippen molar-refractivity contribution < 1.29 is 0 Å². The summed E-state index contributed by atoms with van der Waals surface area (Å²) in [7, 11) is 0. The smallest absolute Gasteiger partial charge is 0.0177 e. The van der Waals surface area contributed by atoms with Crippen LogP contribution in [0.3, 0.4) is 0 Å². The van der Waals surface area contributed by atoms with Gasteiger partial charge in [-0.2, -0.15) is 0 Å². The van der Waals surface area contributed by atoms with Gasteiger partial charge in [0.25, 0.3) is 0 Å². The molecule has 3 rings (SSSR count). The molecule has 1 N–H and O–H groups in total. The molecule has 0 aromatic rings. The van der Waals surface area contributed by atoms with Gasteiger partial charge in [-0.15, -0.1) is 0 Å². The van der Waals surface area contributed by atoms with Gasteiger partial charge in [-0.25, -0.2) is 0 Å². The first-order valence-corrected chi connectivity index (χ1v) is 7.69. The van der Waals surface area contributed by atoms with Crippen LogP contribution in [-0.4, -0.2) is 12.1 Å². The van der Waals surface area contributed by atoms with E-state index in [2.05, 4.69) is 33.0 Å². The Balaban J connectivity index is 1.73. The molecule has 0 radical (unpaired) electrons. The van der Waals surface area contributed by atoms with Crippen molar-refractivity contribution in [2.75, 3.05) is 0 Å². The molecular formula is C16H29N. The lowest BCUT2D eigenvalue weighted by Gasteiger charge is -2.46. The fourth-order valence-corrected chi connectivity index (χ4v) is 5.06. The molecule has 3 aliphatic carbocycles. The Morgan fingerprint density at radius 1 is 1.12 bits per heavy atom. The largest absolute Gasteiger partial charge is 0.310 e. The number of fused-ring (bicyclic) bond motifs is 2. The first kappa shape index (κ1) is 12.0. The van der Waals surface area contributed by atoms with Crippen LogP contribution in [0.4, 0.5) is 0 Å². The molecule has 0 aromatic heterocycles. The van der Waals surface area contributed by atoms with E-state index in [0.29, 0.717) is 10.8 Å². The summed E-state index contributed by atoms with van der Waals surface area (Å²) in [5.41, 5.74) is 1.11. The van der Waals surface area contributed by atoms with Crippen LogP contribution < -0.4 is 5.32 Å². The molecule has 0 heterocycles. The van der Waals surface area contributed by atoms with Crippen LogP contribution in [0, 0.1) is 22.7 Å².